The lowest BCUT2D eigenvalue weighted by Gasteiger charge is -2.25. The lowest BCUT2D eigenvalue weighted by molar-refractivity contribution is -0.137. The molecule has 25 heavy (non-hydrogen) atoms. The molecule has 2 heterocycles. The van der Waals surface area contributed by atoms with Crippen LogP contribution in [0.3, 0.4) is 0 Å². The number of nitrogens with one attached hydrogen (secondary N) is 1. The van der Waals surface area contributed by atoms with Crippen LogP contribution in [0.15, 0.2) is 30.9 Å². The van der Waals surface area contributed by atoms with Crippen molar-refractivity contribution in [3.05, 3.63) is 36.4 Å². The van der Waals surface area contributed by atoms with Crippen molar-refractivity contribution in [3.63, 3.8) is 0 Å². The molecule has 0 radical (unpaired) electrons. The molecular weight excluding hydrogens is 335 g/mol. The smallest absolute Gasteiger partial charge is 0.323 e. The maximum Gasteiger partial charge on any atom is 0.416 e. The van der Waals surface area contributed by atoms with Crippen LogP contribution in [0.1, 0.15) is 24.8 Å². The number of nitrogens with zero attached hydrogens (tertiary/aromatic N) is 4. The second-order valence-electron chi connectivity index (χ2n) is 5.95. The molecule has 6 nitrogen and oxygen atoms in total. The zero-order valence-electron chi connectivity index (χ0n) is 13.5. The SMILES string of the molecule is O=C(CN1CCCCC1)Nc1cc(C(F)(F)F)ccc1-n1cncn1. The second kappa shape index (κ2) is 7.22. The number of likely N-dealkylation sites (tertiary alicyclic amines) is 1. The Morgan fingerprint density at radius 3 is 2.60 bits per heavy atom. The van der Waals surface area contributed by atoms with Crippen molar-refractivity contribution in [2.24, 2.45) is 0 Å². The summed E-state index contributed by atoms with van der Waals surface area (Å²) in [5, 5.41) is 6.51. The summed E-state index contributed by atoms with van der Waals surface area (Å²) in [7, 11) is 0. The number of carbonyl (C=O) groups excluding carboxylic acids is 1. The first-order valence-electron chi connectivity index (χ1n) is 8.02. The van der Waals surface area contributed by atoms with Crippen LogP contribution in [0, 0.1) is 0 Å². The van der Waals surface area contributed by atoms with Crippen LogP contribution in [-0.2, 0) is 11.0 Å². The fourth-order valence-electron chi connectivity index (χ4n) is 2.86. The number of amides is 1. The van der Waals surface area contributed by atoms with E-state index in [1.165, 1.54) is 23.4 Å². The number of aromatic nitrogens is 3. The highest BCUT2D eigenvalue weighted by molar-refractivity contribution is 5.94. The van der Waals surface area contributed by atoms with E-state index in [-0.39, 0.29) is 18.1 Å². The minimum absolute atomic E-state index is 0.0577. The van der Waals surface area contributed by atoms with E-state index in [4.69, 9.17) is 0 Å². The maximum absolute atomic E-state index is 13.0. The molecule has 1 aliphatic heterocycles. The molecule has 1 aromatic heterocycles. The number of anilines is 1. The van der Waals surface area contributed by atoms with Gasteiger partial charge in [-0.05, 0) is 44.1 Å². The van der Waals surface area contributed by atoms with E-state index < -0.39 is 11.7 Å². The summed E-state index contributed by atoms with van der Waals surface area (Å²) < 4.78 is 40.3. The first-order chi connectivity index (χ1) is 11.9. The summed E-state index contributed by atoms with van der Waals surface area (Å²) >= 11 is 0. The Labute approximate surface area is 142 Å². The normalized spacial score (nSPS) is 16.0. The van der Waals surface area contributed by atoms with E-state index in [9.17, 15) is 18.0 Å². The predicted octanol–water partition coefficient (Wildman–Crippen LogP) is 2.71. The summed E-state index contributed by atoms with van der Waals surface area (Å²) in [5.41, 5.74) is -0.440. The monoisotopic (exact) mass is 353 g/mol. The number of hydrogen-bond donors (Lipinski definition) is 1. The topological polar surface area (TPSA) is 63.1 Å². The molecule has 1 saturated heterocycles. The lowest BCUT2D eigenvalue weighted by Crippen LogP contribution is -2.37. The molecule has 0 saturated carbocycles. The Bertz CT molecular complexity index is 724. The first kappa shape index (κ1) is 17.4. The number of hydrogen-bond acceptors (Lipinski definition) is 4. The minimum Gasteiger partial charge on any atom is -0.323 e. The summed E-state index contributed by atoms with van der Waals surface area (Å²) in [6, 6.07) is 3.15. The molecule has 9 heteroatoms. The van der Waals surface area contributed by atoms with Gasteiger partial charge in [-0.3, -0.25) is 9.69 Å². The summed E-state index contributed by atoms with van der Waals surface area (Å²) in [6.07, 6.45) is 1.34. The number of carbonyl (C=O) groups is 1. The largest absolute Gasteiger partial charge is 0.416 e. The van der Waals surface area contributed by atoms with Crippen LogP contribution < -0.4 is 5.32 Å². The molecule has 1 amide bonds. The zero-order valence-corrected chi connectivity index (χ0v) is 13.5. The zero-order chi connectivity index (χ0) is 17.9. The van der Waals surface area contributed by atoms with Gasteiger partial charge in [0.1, 0.15) is 12.7 Å². The van der Waals surface area contributed by atoms with Crippen LogP contribution in [-0.4, -0.2) is 45.2 Å². The van der Waals surface area contributed by atoms with Crippen molar-refractivity contribution in [2.75, 3.05) is 25.0 Å². The molecule has 1 N–H and O–H groups in total. The maximum atomic E-state index is 13.0. The number of rotatable bonds is 4. The van der Waals surface area contributed by atoms with Crippen LogP contribution in [0.4, 0.5) is 18.9 Å². The number of alkyl halides is 3. The van der Waals surface area contributed by atoms with Gasteiger partial charge in [-0.2, -0.15) is 18.3 Å². The molecule has 2 aromatic rings. The average molecular weight is 353 g/mol. The molecule has 0 unspecified atom stereocenters. The van der Waals surface area contributed by atoms with E-state index in [0.29, 0.717) is 5.69 Å². The molecule has 0 atom stereocenters. The number of piperidine rings is 1. The minimum atomic E-state index is -4.49. The van der Waals surface area contributed by atoms with Crippen LogP contribution in [0.5, 0.6) is 0 Å². The first-order valence-corrected chi connectivity index (χ1v) is 8.02. The molecule has 1 fully saturated rings. The molecule has 1 aromatic carbocycles. The third kappa shape index (κ3) is 4.36. The highest BCUT2D eigenvalue weighted by atomic mass is 19.4. The van der Waals surface area contributed by atoms with Crippen molar-refractivity contribution >= 4 is 11.6 Å². The van der Waals surface area contributed by atoms with Gasteiger partial charge in [0.2, 0.25) is 5.91 Å². The van der Waals surface area contributed by atoms with Gasteiger partial charge >= 0.3 is 6.18 Å². The summed E-state index contributed by atoms with van der Waals surface area (Å²) in [5.74, 6) is -0.345. The molecular formula is C16H18F3N5O. The van der Waals surface area contributed by atoms with Crippen molar-refractivity contribution in [1.82, 2.24) is 19.7 Å². The van der Waals surface area contributed by atoms with Gasteiger partial charge in [0, 0.05) is 0 Å². The van der Waals surface area contributed by atoms with Crippen molar-refractivity contribution in [3.8, 4) is 5.69 Å². The van der Waals surface area contributed by atoms with Crippen molar-refractivity contribution in [1.29, 1.82) is 0 Å². The third-order valence-electron chi connectivity index (χ3n) is 4.08. The van der Waals surface area contributed by atoms with E-state index in [2.05, 4.69) is 15.4 Å². The molecule has 1 aliphatic rings. The van der Waals surface area contributed by atoms with Gasteiger partial charge in [0.15, 0.2) is 0 Å². The standard InChI is InChI=1S/C16H18F3N5O/c17-16(18,19)12-4-5-14(24-11-20-10-21-24)13(8-12)22-15(25)9-23-6-2-1-3-7-23/h4-5,8,10-11H,1-3,6-7,9H2,(H,22,25). The Kier molecular flexibility index (Phi) is 5.03. The van der Waals surface area contributed by atoms with Gasteiger partial charge in [0.25, 0.3) is 0 Å². The summed E-state index contributed by atoms with van der Waals surface area (Å²) in [4.78, 5) is 18.1. The Hall–Kier alpha value is -2.42. The third-order valence-corrected chi connectivity index (χ3v) is 4.08. The van der Waals surface area contributed by atoms with Gasteiger partial charge in [-0.1, -0.05) is 6.42 Å². The van der Waals surface area contributed by atoms with Gasteiger partial charge in [-0.15, -0.1) is 0 Å². The number of halogens is 3. The van der Waals surface area contributed by atoms with Gasteiger partial charge in [-0.25, -0.2) is 9.67 Å². The van der Waals surface area contributed by atoms with Gasteiger partial charge < -0.3 is 5.32 Å². The molecule has 0 aliphatic carbocycles. The van der Waals surface area contributed by atoms with Crippen molar-refractivity contribution < 1.29 is 18.0 Å². The Morgan fingerprint density at radius 2 is 1.96 bits per heavy atom. The Morgan fingerprint density at radius 1 is 1.20 bits per heavy atom. The fourth-order valence-corrected chi connectivity index (χ4v) is 2.86. The van der Waals surface area contributed by atoms with E-state index >= 15 is 0 Å². The van der Waals surface area contributed by atoms with Crippen molar-refractivity contribution in [2.45, 2.75) is 25.4 Å². The highest BCUT2D eigenvalue weighted by Gasteiger charge is 2.31. The van der Waals surface area contributed by atoms with E-state index in [1.807, 2.05) is 4.90 Å². The number of benzene rings is 1. The average Bonchev–Trinajstić information content (AvgIpc) is 3.09. The second-order valence-corrected chi connectivity index (χ2v) is 5.95. The fraction of sp³-hybridized carbons (Fsp3) is 0.438. The quantitative estimate of drug-likeness (QED) is 0.918. The molecule has 0 bridgehead atoms. The Balaban J connectivity index is 1.82. The van der Waals surface area contributed by atoms with E-state index in [0.717, 1.165) is 44.5 Å². The highest BCUT2D eigenvalue weighted by Crippen LogP contribution is 2.33. The molecule has 3 rings (SSSR count). The summed E-state index contributed by atoms with van der Waals surface area (Å²) in [6.45, 7) is 1.81. The van der Waals surface area contributed by atoms with E-state index in [1.54, 1.807) is 0 Å². The lowest BCUT2D eigenvalue weighted by atomic mass is 10.1. The van der Waals surface area contributed by atoms with Crippen LogP contribution in [0.25, 0.3) is 5.69 Å². The molecule has 134 valence electrons. The molecule has 0 spiro atoms. The van der Waals surface area contributed by atoms with Gasteiger partial charge in [0.05, 0.1) is 23.5 Å². The van der Waals surface area contributed by atoms with Crippen LogP contribution >= 0.6 is 0 Å². The predicted molar refractivity (Wildman–Crippen MR) is 85.3 cm³/mol. The van der Waals surface area contributed by atoms with Crippen LogP contribution in [0.2, 0.25) is 0 Å².